The molecule has 0 bridgehead atoms. The number of ether oxygens (including phenoxy) is 1. The number of aromatic nitrogens is 4. The number of pyridine rings is 1. The number of amides is 1. The predicted octanol–water partition coefficient (Wildman–Crippen LogP) is 5.44. The van der Waals surface area contributed by atoms with E-state index in [1.807, 2.05) is 31.3 Å². The number of benzene rings is 2. The Balaban J connectivity index is 1.52. The first-order valence-electron chi connectivity index (χ1n) is 12.4. The van der Waals surface area contributed by atoms with Gasteiger partial charge in [-0.05, 0) is 55.6 Å². The van der Waals surface area contributed by atoms with Crippen LogP contribution in [0.2, 0.25) is 0 Å². The number of carbonyl (C=O) groups is 1. The lowest BCUT2D eigenvalue weighted by Crippen LogP contribution is -2.30. The van der Waals surface area contributed by atoms with Gasteiger partial charge in [0.2, 0.25) is 5.95 Å². The van der Waals surface area contributed by atoms with Gasteiger partial charge in [0, 0.05) is 36.3 Å². The van der Waals surface area contributed by atoms with Gasteiger partial charge in [-0.25, -0.2) is 18.9 Å². The number of nitrogens with zero attached hydrogens (tertiary/aromatic N) is 4. The van der Waals surface area contributed by atoms with Crippen LogP contribution < -0.4 is 20.7 Å². The van der Waals surface area contributed by atoms with E-state index in [9.17, 15) is 22.4 Å². The van der Waals surface area contributed by atoms with Crippen molar-refractivity contribution in [3.05, 3.63) is 84.9 Å². The molecule has 0 radical (unpaired) electrons. The van der Waals surface area contributed by atoms with Crippen molar-refractivity contribution in [3.8, 4) is 28.3 Å². The first kappa shape index (κ1) is 27.5. The maximum Gasteiger partial charge on any atom is 0.471 e. The molecule has 3 heterocycles. The van der Waals surface area contributed by atoms with Gasteiger partial charge in [0.05, 0.1) is 22.5 Å². The van der Waals surface area contributed by atoms with Crippen LogP contribution in [0.25, 0.3) is 28.0 Å². The highest BCUT2D eigenvalue weighted by molar-refractivity contribution is 5.96. The fourth-order valence-corrected chi connectivity index (χ4v) is 4.04. The standard InChI is InChI=1S/C28H23F4N7O2/c1-33-12-14-41-19-6-4-5-18(16-19)35-27-34-11-10-21(37-27)24-23-7-2-3-13-39(23)38-25(24)17-8-9-20(29)22(15-17)36-26(40)28(30,31)32/h2-11,13,15-16,33H,12,14H2,1H3,(H,36,40)(H,34,35,37). The molecule has 5 aromatic rings. The minimum atomic E-state index is -5.18. The Morgan fingerprint density at radius 2 is 1.90 bits per heavy atom. The Hall–Kier alpha value is -5.04. The first-order chi connectivity index (χ1) is 19.7. The molecule has 0 aliphatic rings. The number of hydrogen-bond acceptors (Lipinski definition) is 7. The van der Waals surface area contributed by atoms with Crippen molar-refractivity contribution in [3.63, 3.8) is 0 Å². The summed E-state index contributed by atoms with van der Waals surface area (Å²) in [4.78, 5) is 20.4. The third-order valence-corrected chi connectivity index (χ3v) is 5.91. The average Bonchev–Trinajstić information content (AvgIpc) is 3.34. The lowest BCUT2D eigenvalue weighted by atomic mass is 10.0. The molecule has 0 saturated carbocycles. The lowest BCUT2D eigenvalue weighted by Gasteiger charge is -2.11. The van der Waals surface area contributed by atoms with Gasteiger partial charge in [0.1, 0.15) is 23.9 Å². The topological polar surface area (TPSA) is 105 Å². The molecule has 1 amide bonds. The molecule has 0 aliphatic carbocycles. The van der Waals surface area contributed by atoms with Crippen LogP contribution in [-0.4, -0.2) is 51.9 Å². The molecule has 5 rings (SSSR count). The van der Waals surface area contributed by atoms with Crippen molar-refractivity contribution < 1.29 is 27.1 Å². The van der Waals surface area contributed by atoms with Gasteiger partial charge in [-0.1, -0.05) is 12.1 Å². The fraction of sp³-hybridized carbons (Fsp3) is 0.143. The monoisotopic (exact) mass is 565 g/mol. The molecule has 13 heteroatoms. The third kappa shape index (κ3) is 6.25. The summed E-state index contributed by atoms with van der Waals surface area (Å²) in [6, 6.07) is 17.7. The normalized spacial score (nSPS) is 11.4. The van der Waals surface area contributed by atoms with E-state index >= 15 is 0 Å². The minimum absolute atomic E-state index is 0.266. The summed E-state index contributed by atoms with van der Waals surface area (Å²) < 4.78 is 60.1. The number of alkyl halides is 3. The highest BCUT2D eigenvalue weighted by Crippen LogP contribution is 2.36. The highest BCUT2D eigenvalue weighted by atomic mass is 19.4. The molecular weight excluding hydrogens is 542 g/mol. The maximum atomic E-state index is 14.4. The molecule has 9 nitrogen and oxygen atoms in total. The number of fused-ring (bicyclic) bond motifs is 1. The number of rotatable bonds is 9. The van der Waals surface area contributed by atoms with E-state index in [0.717, 1.165) is 12.1 Å². The summed E-state index contributed by atoms with van der Waals surface area (Å²) in [5.74, 6) is -2.38. The van der Waals surface area contributed by atoms with Gasteiger partial charge in [-0.2, -0.15) is 18.3 Å². The number of likely N-dealkylation sites (N-methyl/N-ethyl adjacent to an activating group) is 1. The van der Waals surface area contributed by atoms with Gasteiger partial charge < -0.3 is 20.7 Å². The Kier molecular flexibility index (Phi) is 7.79. The zero-order valence-electron chi connectivity index (χ0n) is 21.5. The zero-order valence-corrected chi connectivity index (χ0v) is 21.5. The second-order valence-corrected chi connectivity index (χ2v) is 8.77. The van der Waals surface area contributed by atoms with Gasteiger partial charge >= 0.3 is 12.1 Å². The predicted molar refractivity (Wildman–Crippen MR) is 145 cm³/mol. The van der Waals surface area contributed by atoms with Crippen molar-refractivity contribution in [2.24, 2.45) is 0 Å². The van der Waals surface area contributed by atoms with Crippen LogP contribution in [0.3, 0.4) is 0 Å². The second-order valence-electron chi connectivity index (χ2n) is 8.77. The quantitative estimate of drug-likeness (QED) is 0.162. The summed E-state index contributed by atoms with van der Waals surface area (Å²) in [5.41, 5.74) is 2.25. The molecule has 0 atom stereocenters. The molecule has 0 fully saturated rings. The molecule has 3 N–H and O–H groups in total. The van der Waals surface area contributed by atoms with Crippen LogP contribution in [0, 0.1) is 5.82 Å². The molecule has 2 aromatic carbocycles. The summed E-state index contributed by atoms with van der Waals surface area (Å²) in [6.45, 7) is 1.18. The minimum Gasteiger partial charge on any atom is -0.492 e. The van der Waals surface area contributed by atoms with E-state index < -0.39 is 23.6 Å². The number of carbonyl (C=O) groups excluding carboxylic acids is 1. The summed E-state index contributed by atoms with van der Waals surface area (Å²) in [5, 5.41) is 12.3. The fourth-order valence-electron chi connectivity index (χ4n) is 4.04. The van der Waals surface area contributed by atoms with E-state index in [2.05, 4.69) is 25.7 Å². The van der Waals surface area contributed by atoms with Crippen molar-refractivity contribution in [2.45, 2.75) is 6.18 Å². The van der Waals surface area contributed by atoms with Crippen LogP contribution in [0.1, 0.15) is 0 Å². The summed E-state index contributed by atoms with van der Waals surface area (Å²) in [6.07, 6.45) is -1.94. The highest BCUT2D eigenvalue weighted by Gasteiger charge is 2.39. The van der Waals surface area contributed by atoms with Gasteiger partial charge in [0.15, 0.2) is 0 Å². The number of hydrogen-bond donors (Lipinski definition) is 3. The van der Waals surface area contributed by atoms with Gasteiger partial charge in [0.25, 0.3) is 0 Å². The molecule has 3 aromatic heterocycles. The number of nitrogens with one attached hydrogen (secondary N) is 3. The van der Waals surface area contributed by atoms with Crippen LogP contribution >= 0.6 is 0 Å². The smallest absolute Gasteiger partial charge is 0.471 e. The first-order valence-corrected chi connectivity index (χ1v) is 12.4. The lowest BCUT2D eigenvalue weighted by molar-refractivity contribution is -0.167. The van der Waals surface area contributed by atoms with Crippen molar-refractivity contribution in [1.82, 2.24) is 24.9 Å². The van der Waals surface area contributed by atoms with E-state index in [-0.39, 0.29) is 11.5 Å². The van der Waals surface area contributed by atoms with E-state index in [0.29, 0.717) is 47.1 Å². The zero-order chi connectivity index (χ0) is 29.0. The van der Waals surface area contributed by atoms with Crippen LogP contribution in [-0.2, 0) is 4.79 Å². The summed E-state index contributed by atoms with van der Waals surface area (Å²) in [7, 11) is 1.84. The Labute approximate surface area is 231 Å². The second kappa shape index (κ2) is 11.6. The van der Waals surface area contributed by atoms with E-state index in [1.54, 1.807) is 46.5 Å². The molecular formula is C28H23F4N7O2. The Bertz CT molecular complexity index is 1710. The van der Waals surface area contributed by atoms with E-state index in [1.165, 1.54) is 6.07 Å². The number of halogens is 4. The van der Waals surface area contributed by atoms with Crippen molar-refractivity contribution in [1.29, 1.82) is 0 Å². The molecule has 41 heavy (non-hydrogen) atoms. The van der Waals surface area contributed by atoms with Crippen LogP contribution in [0.5, 0.6) is 5.75 Å². The van der Waals surface area contributed by atoms with Crippen LogP contribution in [0.4, 0.5) is 34.9 Å². The van der Waals surface area contributed by atoms with Crippen molar-refractivity contribution >= 4 is 28.7 Å². The SMILES string of the molecule is CNCCOc1cccc(Nc2nccc(-c3c(-c4ccc(F)c(NC(=O)C(F)(F)F)c4)nn4ccccc34)n2)c1. The number of anilines is 3. The van der Waals surface area contributed by atoms with Crippen LogP contribution in [0.15, 0.2) is 79.1 Å². The Morgan fingerprint density at radius 1 is 1.05 bits per heavy atom. The average molecular weight is 566 g/mol. The van der Waals surface area contributed by atoms with Gasteiger partial charge in [-0.3, -0.25) is 4.79 Å². The molecule has 0 unspecified atom stereocenters. The molecule has 0 spiro atoms. The third-order valence-electron chi connectivity index (χ3n) is 5.91. The maximum absolute atomic E-state index is 14.4. The Morgan fingerprint density at radius 3 is 2.71 bits per heavy atom. The molecule has 0 aliphatic heterocycles. The largest absolute Gasteiger partial charge is 0.492 e. The van der Waals surface area contributed by atoms with Gasteiger partial charge in [-0.15, -0.1) is 0 Å². The molecule has 210 valence electrons. The summed E-state index contributed by atoms with van der Waals surface area (Å²) >= 11 is 0. The van der Waals surface area contributed by atoms with Crippen molar-refractivity contribution in [2.75, 3.05) is 30.8 Å². The van der Waals surface area contributed by atoms with E-state index in [4.69, 9.17) is 4.74 Å². The molecule has 0 saturated heterocycles.